The van der Waals surface area contributed by atoms with Gasteiger partial charge in [-0.05, 0) is 55.4 Å². The number of nitrogens with zero attached hydrogens (tertiary/aromatic N) is 1. The molecule has 2 aromatic rings. The third-order valence-corrected chi connectivity index (χ3v) is 6.59. The Kier molecular flexibility index (Phi) is 7.29. The number of hydrogen-bond donors (Lipinski definition) is 3. The van der Waals surface area contributed by atoms with Crippen LogP contribution in [-0.2, 0) is 20.0 Å². The normalized spacial score (nSPS) is 15.6. The molecule has 1 aliphatic heterocycles. The molecular weight excluding hydrogens is 485 g/mol. The van der Waals surface area contributed by atoms with Gasteiger partial charge in [-0.15, -0.1) is 13.2 Å². The molecular formula is C19H23F3N4O5S2. The van der Waals surface area contributed by atoms with E-state index in [4.69, 9.17) is 0 Å². The summed E-state index contributed by atoms with van der Waals surface area (Å²) in [5.41, 5.74) is 0.696. The van der Waals surface area contributed by atoms with Crippen LogP contribution >= 0.6 is 0 Å². The van der Waals surface area contributed by atoms with Crippen LogP contribution in [-0.4, -0.2) is 55.6 Å². The molecule has 0 spiro atoms. The van der Waals surface area contributed by atoms with Crippen molar-refractivity contribution in [2.75, 3.05) is 46.8 Å². The Labute approximate surface area is 190 Å². The van der Waals surface area contributed by atoms with E-state index in [1.54, 1.807) is 6.07 Å². The molecule has 0 bridgehead atoms. The molecule has 3 rings (SSSR count). The van der Waals surface area contributed by atoms with Gasteiger partial charge in [0.2, 0.25) is 10.0 Å². The summed E-state index contributed by atoms with van der Waals surface area (Å²) in [5.74, 6) is -0.572. The monoisotopic (exact) mass is 508 g/mol. The largest absolute Gasteiger partial charge is 0.573 e. The predicted octanol–water partition coefficient (Wildman–Crippen LogP) is 2.56. The number of benzene rings is 2. The standard InChI is InChI=1S/C19H23F3N4O5S2/c1-32(27,28)24-18-13-14(26-11-2-9-23-10-12-26)3-8-17(18)25-33(29,30)16-6-4-15(5-7-16)31-19(20,21)22/h3-8,13,23-25H,2,9-12H2,1H3. The third-order valence-electron chi connectivity index (χ3n) is 4.62. The molecule has 2 aromatic carbocycles. The first-order valence-electron chi connectivity index (χ1n) is 9.79. The van der Waals surface area contributed by atoms with E-state index < -0.39 is 32.2 Å². The van der Waals surface area contributed by atoms with Gasteiger partial charge in [-0.25, -0.2) is 16.8 Å². The Morgan fingerprint density at radius 1 is 0.939 bits per heavy atom. The zero-order valence-electron chi connectivity index (χ0n) is 17.5. The average Bonchev–Trinajstić information content (AvgIpc) is 2.97. The minimum absolute atomic E-state index is 0.0211. The van der Waals surface area contributed by atoms with Crippen LogP contribution in [0.4, 0.5) is 30.2 Å². The quantitative estimate of drug-likeness (QED) is 0.526. The van der Waals surface area contributed by atoms with Gasteiger partial charge in [-0.2, -0.15) is 0 Å². The average molecular weight is 509 g/mol. The number of rotatable bonds is 7. The van der Waals surface area contributed by atoms with Crippen molar-refractivity contribution in [1.82, 2.24) is 5.32 Å². The van der Waals surface area contributed by atoms with Gasteiger partial charge in [0, 0.05) is 25.3 Å². The lowest BCUT2D eigenvalue weighted by molar-refractivity contribution is -0.274. The van der Waals surface area contributed by atoms with E-state index in [-0.39, 0.29) is 16.3 Å². The highest BCUT2D eigenvalue weighted by atomic mass is 32.2. The summed E-state index contributed by atoms with van der Waals surface area (Å²) in [5, 5.41) is 3.26. The van der Waals surface area contributed by atoms with E-state index in [0.717, 1.165) is 56.6 Å². The number of alkyl halides is 3. The fraction of sp³-hybridized carbons (Fsp3) is 0.368. The van der Waals surface area contributed by atoms with E-state index in [0.29, 0.717) is 12.2 Å². The second kappa shape index (κ2) is 9.65. The topological polar surface area (TPSA) is 117 Å². The number of nitrogens with one attached hydrogen (secondary N) is 3. The molecule has 1 saturated heterocycles. The van der Waals surface area contributed by atoms with Crippen molar-refractivity contribution >= 4 is 37.1 Å². The predicted molar refractivity (Wildman–Crippen MR) is 119 cm³/mol. The molecule has 182 valence electrons. The SMILES string of the molecule is CS(=O)(=O)Nc1cc(N2CCCNCC2)ccc1NS(=O)(=O)c1ccc(OC(F)(F)F)cc1. The summed E-state index contributed by atoms with van der Waals surface area (Å²) >= 11 is 0. The van der Waals surface area contributed by atoms with Crippen molar-refractivity contribution < 1.29 is 34.7 Å². The molecule has 1 fully saturated rings. The Hall–Kier alpha value is -2.71. The minimum Gasteiger partial charge on any atom is -0.406 e. The molecule has 0 aliphatic carbocycles. The van der Waals surface area contributed by atoms with Crippen LogP contribution in [0.25, 0.3) is 0 Å². The molecule has 0 amide bonds. The first kappa shape index (κ1) is 24.9. The Morgan fingerprint density at radius 2 is 1.64 bits per heavy atom. The summed E-state index contributed by atoms with van der Waals surface area (Å²) in [7, 11) is -7.98. The van der Waals surface area contributed by atoms with Crippen LogP contribution < -0.4 is 24.4 Å². The third kappa shape index (κ3) is 7.40. The van der Waals surface area contributed by atoms with Crippen molar-refractivity contribution in [3.8, 4) is 5.75 Å². The molecule has 1 aliphatic rings. The van der Waals surface area contributed by atoms with Crippen LogP contribution in [0.15, 0.2) is 47.4 Å². The fourth-order valence-corrected chi connectivity index (χ4v) is 4.88. The van der Waals surface area contributed by atoms with Crippen LogP contribution in [0.5, 0.6) is 5.75 Å². The molecule has 0 radical (unpaired) electrons. The Morgan fingerprint density at radius 3 is 2.27 bits per heavy atom. The Bertz CT molecular complexity index is 1180. The van der Waals surface area contributed by atoms with E-state index >= 15 is 0 Å². The summed E-state index contributed by atoms with van der Waals surface area (Å²) in [6.07, 6.45) is -3.08. The van der Waals surface area contributed by atoms with Crippen molar-refractivity contribution in [3.63, 3.8) is 0 Å². The lowest BCUT2D eigenvalue weighted by Crippen LogP contribution is -2.28. The van der Waals surface area contributed by atoms with Crippen LogP contribution in [0, 0.1) is 0 Å². The van der Waals surface area contributed by atoms with Gasteiger partial charge in [0.15, 0.2) is 0 Å². The number of hydrogen-bond acceptors (Lipinski definition) is 7. The number of halogens is 3. The summed E-state index contributed by atoms with van der Waals surface area (Å²) in [4.78, 5) is 1.72. The highest BCUT2D eigenvalue weighted by Crippen LogP contribution is 2.31. The van der Waals surface area contributed by atoms with Crippen molar-refractivity contribution in [1.29, 1.82) is 0 Å². The molecule has 14 heteroatoms. The first-order valence-corrected chi connectivity index (χ1v) is 13.2. The first-order chi connectivity index (χ1) is 15.3. The maximum atomic E-state index is 12.8. The minimum atomic E-state index is -4.91. The molecule has 0 aromatic heterocycles. The van der Waals surface area contributed by atoms with Crippen LogP contribution in [0.2, 0.25) is 0 Å². The van der Waals surface area contributed by atoms with Gasteiger partial charge in [0.05, 0.1) is 22.5 Å². The van der Waals surface area contributed by atoms with Crippen LogP contribution in [0.1, 0.15) is 6.42 Å². The van der Waals surface area contributed by atoms with Gasteiger partial charge in [-0.1, -0.05) is 0 Å². The highest BCUT2D eigenvalue weighted by Gasteiger charge is 2.31. The fourth-order valence-electron chi connectivity index (χ4n) is 3.23. The second-order valence-corrected chi connectivity index (χ2v) is 10.8. The summed E-state index contributed by atoms with van der Waals surface area (Å²) in [6.45, 7) is 3.03. The number of ether oxygens (including phenoxy) is 1. The number of sulfonamides is 2. The van der Waals surface area contributed by atoms with Crippen molar-refractivity contribution in [2.24, 2.45) is 0 Å². The lowest BCUT2D eigenvalue weighted by atomic mass is 10.2. The molecule has 33 heavy (non-hydrogen) atoms. The van der Waals surface area contributed by atoms with E-state index in [2.05, 4.69) is 19.5 Å². The Balaban J connectivity index is 1.89. The van der Waals surface area contributed by atoms with E-state index in [9.17, 15) is 30.0 Å². The van der Waals surface area contributed by atoms with E-state index in [1.165, 1.54) is 12.1 Å². The molecule has 1 heterocycles. The van der Waals surface area contributed by atoms with Gasteiger partial charge in [-0.3, -0.25) is 9.44 Å². The summed E-state index contributed by atoms with van der Waals surface area (Å²) in [6, 6.07) is 8.26. The molecule has 3 N–H and O–H groups in total. The molecule has 9 nitrogen and oxygen atoms in total. The lowest BCUT2D eigenvalue weighted by Gasteiger charge is -2.24. The molecule has 0 unspecified atom stereocenters. The number of anilines is 3. The van der Waals surface area contributed by atoms with Crippen molar-refractivity contribution in [2.45, 2.75) is 17.7 Å². The van der Waals surface area contributed by atoms with Crippen LogP contribution in [0.3, 0.4) is 0 Å². The van der Waals surface area contributed by atoms with Crippen molar-refractivity contribution in [3.05, 3.63) is 42.5 Å². The highest BCUT2D eigenvalue weighted by molar-refractivity contribution is 7.93. The van der Waals surface area contributed by atoms with Gasteiger partial charge in [0.25, 0.3) is 10.0 Å². The zero-order valence-corrected chi connectivity index (χ0v) is 19.1. The van der Waals surface area contributed by atoms with Gasteiger partial charge < -0.3 is 15.0 Å². The smallest absolute Gasteiger partial charge is 0.406 e. The van der Waals surface area contributed by atoms with E-state index in [1.807, 2.05) is 4.90 Å². The maximum Gasteiger partial charge on any atom is 0.573 e. The molecule has 0 atom stereocenters. The van der Waals surface area contributed by atoms with Gasteiger partial charge >= 0.3 is 6.36 Å². The maximum absolute atomic E-state index is 12.8. The van der Waals surface area contributed by atoms with Gasteiger partial charge in [0.1, 0.15) is 5.75 Å². The second-order valence-electron chi connectivity index (χ2n) is 7.32. The molecule has 0 saturated carbocycles. The summed E-state index contributed by atoms with van der Waals surface area (Å²) < 4.78 is 94.6. The zero-order chi connectivity index (χ0) is 24.3.